The summed E-state index contributed by atoms with van der Waals surface area (Å²) in [7, 11) is -2.19. The standard InChI is InChI=1S/C18H26N2O4S/c1-14-7-3-4-12-20(14)18(21)15-8-9-16(24-2)17(13-15)25(22,23)19-10-5-6-11-19/h8-9,13-14H,3-7,10-12H2,1-2H3. The Labute approximate surface area is 149 Å². The molecule has 1 amide bonds. The van der Waals surface area contributed by atoms with Gasteiger partial charge in [-0.2, -0.15) is 4.31 Å². The highest BCUT2D eigenvalue weighted by atomic mass is 32.2. The number of amides is 1. The third-order valence-corrected chi connectivity index (χ3v) is 7.08. The molecular formula is C18H26N2O4S. The van der Waals surface area contributed by atoms with Crippen LogP contribution in [0.15, 0.2) is 23.1 Å². The number of benzene rings is 1. The van der Waals surface area contributed by atoms with Crippen LogP contribution in [-0.4, -0.2) is 56.3 Å². The Morgan fingerprint density at radius 1 is 1.12 bits per heavy atom. The lowest BCUT2D eigenvalue weighted by molar-refractivity contribution is 0.0635. The Kier molecular flexibility index (Phi) is 5.34. The quantitative estimate of drug-likeness (QED) is 0.821. The molecule has 0 saturated carbocycles. The normalized spacial score (nSPS) is 22.2. The molecule has 6 nitrogen and oxygen atoms in total. The number of hydrogen-bond acceptors (Lipinski definition) is 4. The van der Waals surface area contributed by atoms with Gasteiger partial charge in [-0.3, -0.25) is 4.79 Å². The number of hydrogen-bond donors (Lipinski definition) is 0. The first kappa shape index (κ1) is 18.2. The van der Waals surface area contributed by atoms with Crippen LogP contribution in [0.4, 0.5) is 0 Å². The topological polar surface area (TPSA) is 66.9 Å². The summed E-state index contributed by atoms with van der Waals surface area (Å²) in [6.07, 6.45) is 4.84. The van der Waals surface area contributed by atoms with Crippen LogP contribution in [0.5, 0.6) is 5.75 Å². The summed E-state index contributed by atoms with van der Waals surface area (Å²) in [6.45, 7) is 3.81. The van der Waals surface area contributed by atoms with Crippen LogP contribution in [0, 0.1) is 0 Å². The molecule has 2 fully saturated rings. The summed E-state index contributed by atoms with van der Waals surface area (Å²) in [5, 5.41) is 0. The molecule has 1 atom stereocenters. The highest BCUT2D eigenvalue weighted by molar-refractivity contribution is 7.89. The van der Waals surface area contributed by atoms with Crippen molar-refractivity contribution in [2.75, 3.05) is 26.7 Å². The molecule has 0 radical (unpaired) electrons. The smallest absolute Gasteiger partial charge is 0.254 e. The zero-order chi connectivity index (χ0) is 18.0. The number of rotatable bonds is 4. The number of ether oxygens (including phenoxy) is 1. The van der Waals surface area contributed by atoms with Crippen LogP contribution in [0.3, 0.4) is 0 Å². The predicted molar refractivity (Wildman–Crippen MR) is 95.3 cm³/mol. The third-order valence-electron chi connectivity index (χ3n) is 5.16. The molecule has 25 heavy (non-hydrogen) atoms. The minimum absolute atomic E-state index is 0.0902. The second-order valence-corrected chi connectivity index (χ2v) is 8.73. The number of carbonyl (C=O) groups is 1. The molecule has 2 saturated heterocycles. The van der Waals surface area contributed by atoms with E-state index in [-0.39, 0.29) is 22.6 Å². The van der Waals surface area contributed by atoms with Crippen molar-refractivity contribution < 1.29 is 17.9 Å². The highest BCUT2D eigenvalue weighted by Crippen LogP contribution is 2.31. The molecule has 138 valence electrons. The molecule has 0 aliphatic carbocycles. The van der Waals surface area contributed by atoms with Crippen molar-refractivity contribution in [1.82, 2.24) is 9.21 Å². The summed E-state index contributed by atoms with van der Waals surface area (Å²) in [6, 6.07) is 4.91. The van der Waals surface area contributed by atoms with Crippen LogP contribution in [0.25, 0.3) is 0 Å². The van der Waals surface area contributed by atoms with Crippen LogP contribution in [0.1, 0.15) is 49.4 Å². The zero-order valence-electron chi connectivity index (χ0n) is 14.9. The molecule has 0 aromatic heterocycles. The van der Waals surface area contributed by atoms with Crippen molar-refractivity contribution >= 4 is 15.9 Å². The molecule has 2 aliphatic rings. The number of likely N-dealkylation sites (tertiary alicyclic amines) is 1. The van der Waals surface area contributed by atoms with Gasteiger partial charge in [-0.1, -0.05) is 0 Å². The SMILES string of the molecule is COc1ccc(C(=O)N2CCCCC2C)cc1S(=O)(=O)N1CCCC1. The number of carbonyl (C=O) groups excluding carboxylic acids is 1. The minimum Gasteiger partial charge on any atom is -0.495 e. The molecule has 7 heteroatoms. The molecule has 3 rings (SSSR count). The fourth-order valence-corrected chi connectivity index (χ4v) is 5.34. The van der Waals surface area contributed by atoms with E-state index in [9.17, 15) is 13.2 Å². The van der Waals surface area contributed by atoms with Gasteiger partial charge in [-0.15, -0.1) is 0 Å². The molecule has 1 unspecified atom stereocenters. The van der Waals surface area contributed by atoms with Crippen molar-refractivity contribution in [2.24, 2.45) is 0 Å². The largest absolute Gasteiger partial charge is 0.495 e. The van der Waals surface area contributed by atoms with Gasteiger partial charge >= 0.3 is 0 Å². The van der Waals surface area contributed by atoms with Gasteiger partial charge in [0.1, 0.15) is 10.6 Å². The maximum Gasteiger partial charge on any atom is 0.254 e. The van der Waals surface area contributed by atoms with Gasteiger partial charge in [0.2, 0.25) is 10.0 Å². The average Bonchev–Trinajstić information content (AvgIpc) is 3.16. The van der Waals surface area contributed by atoms with E-state index in [4.69, 9.17) is 4.74 Å². The van der Waals surface area contributed by atoms with E-state index in [1.165, 1.54) is 17.5 Å². The Hall–Kier alpha value is -1.60. The zero-order valence-corrected chi connectivity index (χ0v) is 15.7. The van der Waals surface area contributed by atoms with Gasteiger partial charge in [-0.05, 0) is 57.2 Å². The van der Waals surface area contributed by atoms with Gasteiger partial charge in [0.05, 0.1) is 7.11 Å². The molecule has 0 spiro atoms. The van der Waals surface area contributed by atoms with E-state index >= 15 is 0 Å². The van der Waals surface area contributed by atoms with Gasteiger partial charge in [-0.25, -0.2) is 8.42 Å². The van der Waals surface area contributed by atoms with E-state index in [0.29, 0.717) is 18.7 Å². The maximum absolute atomic E-state index is 13.0. The van der Waals surface area contributed by atoms with Gasteiger partial charge in [0.25, 0.3) is 5.91 Å². The Bertz CT molecular complexity index is 741. The van der Waals surface area contributed by atoms with Crippen molar-refractivity contribution in [3.05, 3.63) is 23.8 Å². The lowest BCUT2D eigenvalue weighted by atomic mass is 10.0. The Balaban J connectivity index is 1.96. The minimum atomic E-state index is -3.64. The third kappa shape index (κ3) is 3.53. The van der Waals surface area contributed by atoms with Gasteiger partial charge in [0, 0.05) is 31.2 Å². The summed E-state index contributed by atoms with van der Waals surface area (Å²) in [4.78, 5) is 14.8. The fourth-order valence-electron chi connectivity index (χ4n) is 3.64. The highest BCUT2D eigenvalue weighted by Gasteiger charge is 2.32. The number of piperidine rings is 1. The number of methoxy groups -OCH3 is 1. The van der Waals surface area contributed by atoms with Crippen LogP contribution in [-0.2, 0) is 10.0 Å². The molecule has 1 aromatic carbocycles. The summed E-state index contributed by atoms with van der Waals surface area (Å²) >= 11 is 0. The van der Waals surface area contributed by atoms with E-state index in [2.05, 4.69) is 0 Å². The van der Waals surface area contributed by atoms with Crippen molar-refractivity contribution in [2.45, 2.75) is 50.0 Å². The van der Waals surface area contributed by atoms with E-state index in [0.717, 1.165) is 38.6 Å². The number of nitrogens with zero attached hydrogens (tertiary/aromatic N) is 2. The second-order valence-electron chi connectivity index (χ2n) is 6.82. The molecule has 2 aliphatic heterocycles. The van der Waals surface area contributed by atoms with Gasteiger partial charge in [0.15, 0.2) is 0 Å². The van der Waals surface area contributed by atoms with Crippen LogP contribution < -0.4 is 4.74 Å². The first-order valence-corrected chi connectivity index (χ1v) is 10.4. The summed E-state index contributed by atoms with van der Waals surface area (Å²) in [5.41, 5.74) is 0.410. The monoisotopic (exact) mass is 366 g/mol. The first-order chi connectivity index (χ1) is 11.9. The average molecular weight is 366 g/mol. The molecule has 0 N–H and O–H groups in total. The van der Waals surface area contributed by atoms with E-state index in [1.807, 2.05) is 11.8 Å². The maximum atomic E-state index is 13.0. The second kappa shape index (κ2) is 7.33. The lowest BCUT2D eigenvalue weighted by Crippen LogP contribution is -2.42. The Morgan fingerprint density at radius 3 is 2.44 bits per heavy atom. The lowest BCUT2D eigenvalue weighted by Gasteiger charge is -2.33. The summed E-state index contributed by atoms with van der Waals surface area (Å²) in [5.74, 6) is 0.183. The van der Waals surface area contributed by atoms with Gasteiger partial charge < -0.3 is 9.64 Å². The van der Waals surface area contributed by atoms with Crippen LogP contribution >= 0.6 is 0 Å². The van der Waals surface area contributed by atoms with Crippen LogP contribution in [0.2, 0.25) is 0 Å². The van der Waals surface area contributed by atoms with Crippen molar-refractivity contribution in [1.29, 1.82) is 0 Å². The molecular weight excluding hydrogens is 340 g/mol. The fraction of sp³-hybridized carbons (Fsp3) is 0.611. The predicted octanol–water partition coefficient (Wildman–Crippen LogP) is 2.49. The first-order valence-electron chi connectivity index (χ1n) is 8.94. The van der Waals surface area contributed by atoms with E-state index in [1.54, 1.807) is 12.1 Å². The number of sulfonamides is 1. The molecule has 0 bridgehead atoms. The van der Waals surface area contributed by atoms with Crippen molar-refractivity contribution in [3.8, 4) is 5.75 Å². The van der Waals surface area contributed by atoms with E-state index < -0.39 is 10.0 Å². The summed E-state index contributed by atoms with van der Waals surface area (Å²) < 4.78 is 32.6. The molecule has 1 aromatic rings. The Morgan fingerprint density at radius 2 is 1.80 bits per heavy atom. The van der Waals surface area contributed by atoms with Crippen molar-refractivity contribution in [3.63, 3.8) is 0 Å². The molecule has 2 heterocycles.